The maximum Gasteiger partial charge on any atom is 0.181 e. The minimum Gasteiger partial charge on any atom is -0.382 e. The largest absolute Gasteiger partial charge is 0.382 e. The third kappa shape index (κ3) is 7.91. The zero-order valence-electron chi connectivity index (χ0n) is 23.5. The SMILES string of the molecule is CC1=NC(c2ccccccc(C3CCCCCCCC3)cc2)(C2CCCCCCCCCC2)N=C1N. The average molecular weight is 502 g/mol. The van der Waals surface area contributed by atoms with E-state index in [4.69, 9.17) is 15.7 Å². The van der Waals surface area contributed by atoms with Gasteiger partial charge in [0.1, 0.15) is 5.84 Å². The monoisotopic (exact) mass is 501 g/mol. The van der Waals surface area contributed by atoms with Crippen molar-refractivity contribution in [1.29, 1.82) is 0 Å². The molecular formula is C34H51N3. The first kappa shape index (κ1) is 27.9. The lowest BCUT2D eigenvalue weighted by atomic mass is 9.80. The Morgan fingerprint density at radius 2 is 1.11 bits per heavy atom. The summed E-state index contributed by atoms with van der Waals surface area (Å²) in [6, 6.07) is 18.1. The van der Waals surface area contributed by atoms with Gasteiger partial charge in [0.25, 0.3) is 0 Å². The Hall–Kier alpha value is -2.16. The van der Waals surface area contributed by atoms with Crippen LogP contribution < -0.4 is 5.73 Å². The van der Waals surface area contributed by atoms with Gasteiger partial charge in [-0.05, 0) is 44.1 Å². The van der Waals surface area contributed by atoms with Crippen LogP contribution in [0, 0.1) is 5.92 Å². The van der Waals surface area contributed by atoms with Crippen LogP contribution in [0.25, 0.3) is 0 Å². The minimum atomic E-state index is -0.588. The van der Waals surface area contributed by atoms with Gasteiger partial charge in [-0.15, -0.1) is 0 Å². The van der Waals surface area contributed by atoms with Crippen LogP contribution in [0.4, 0.5) is 0 Å². The number of nitrogens with zero attached hydrogens (tertiary/aromatic N) is 2. The molecule has 1 aromatic rings. The summed E-state index contributed by atoms with van der Waals surface area (Å²) in [5.74, 6) is 1.65. The lowest BCUT2D eigenvalue weighted by Gasteiger charge is -2.33. The molecule has 1 atom stereocenters. The van der Waals surface area contributed by atoms with Gasteiger partial charge in [0.2, 0.25) is 0 Å². The van der Waals surface area contributed by atoms with Crippen LogP contribution in [0.5, 0.6) is 0 Å². The molecule has 2 saturated carbocycles. The summed E-state index contributed by atoms with van der Waals surface area (Å²) < 4.78 is 0. The highest BCUT2D eigenvalue weighted by molar-refractivity contribution is 6.41. The fourth-order valence-corrected chi connectivity index (χ4v) is 6.77. The molecule has 4 rings (SSSR count). The normalized spacial score (nSPS) is 25.4. The summed E-state index contributed by atoms with van der Waals surface area (Å²) in [6.07, 6.45) is 23.9. The van der Waals surface area contributed by atoms with E-state index >= 15 is 0 Å². The smallest absolute Gasteiger partial charge is 0.181 e. The van der Waals surface area contributed by atoms with Gasteiger partial charge in [-0.3, -0.25) is 4.99 Å². The predicted octanol–water partition coefficient (Wildman–Crippen LogP) is 9.54. The van der Waals surface area contributed by atoms with Gasteiger partial charge in [-0.25, -0.2) is 4.99 Å². The number of hydrogen-bond acceptors (Lipinski definition) is 3. The van der Waals surface area contributed by atoms with Crippen molar-refractivity contribution in [3.63, 3.8) is 0 Å². The van der Waals surface area contributed by atoms with E-state index < -0.39 is 5.66 Å². The second-order valence-corrected chi connectivity index (χ2v) is 11.8. The Kier molecular flexibility index (Phi) is 11.1. The van der Waals surface area contributed by atoms with Gasteiger partial charge in [-0.1, -0.05) is 138 Å². The van der Waals surface area contributed by atoms with Gasteiger partial charge in [0, 0.05) is 11.5 Å². The van der Waals surface area contributed by atoms with Gasteiger partial charge >= 0.3 is 0 Å². The van der Waals surface area contributed by atoms with Crippen LogP contribution in [-0.2, 0) is 5.66 Å². The van der Waals surface area contributed by atoms with Crippen molar-refractivity contribution in [1.82, 2.24) is 0 Å². The van der Waals surface area contributed by atoms with Gasteiger partial charge < -0.3 is 5.73 Å². The molecule has 1 heterocycles. The summed E-state index contributed by atoms with van der Waals surface area (Å²) in [5, 5.41) is 0. The predicted molar refractivity (Wildman–Crippen MR) is 160 cm³/mol. The molecule has 0 amide bonds. The fraction of sp³-hybridized carbons (Fsp3) is 0.647. The van der Waals surface area contributed by atoms with Crippen LogP contribution in [0.2, 0.25) is 0 Å². The van der Waals surface area contributed by atoms with Crippen molar-refractivity contribution in [2.24, 2.45) is 21.6 Å². The van der Waals surface area contributed by atoms with E-state index in [2.05, 4.69) is 48.5 Å². The Bertz CT molecular complexity index is 921. The first-order chi connectivity index (χ1) is 18.2. The van der Waals surface area contributed by atoms with E-state index in [1.807, 2.05) is 6.92 Å². The number of rotatable bonds is 3. The molecule has 1 unspecified atom stereocenters. The lowest BCUT2D eigenvalue weighted by molar-refractivity contribution is 0.247. The zero-order chi connectivity index (χ0) is 25.8. The molecule has 0 bridgehead atoms. The molecule has 3 nitrogen and oxygen atoms in total. The summed E-state index contributed by atoms with van der Waals surface area (Å²) in [4.78, 5) is 10.5. The number of hydrogen-bond donors (Lipinski definition) is 1. The van der Waals surface area contributed by atoms with Crippen molar-refractivity contribution < 1.29 is 0 Å². The molecule has 3 aliphatic rings. The molecule has 1 aliphatic heterocycles. The second-order valence-electron chi connectivity index (χ2n) is 11.8. The molecule has 2 N–H and O–H groups in total. The average Bonchev–Trinajstić information content (AvgIpc) is 3.25. The summed E-state index contributed by atoms with van der Waals surface area (Å²) >= 11 is 0. The maximum atomic E-state index is 6.46. The van der Waals surface area contributed by atoms with Crippen LogP contribution in [-0.4, -0.2) is 11.5 Å². The van der Waals surface area contributed by atoms with Crippen molar-refractivity contribution in [3.8, 4) is 0 Å². The summed E-state index contributed by atoms with van der Waals surface area (Å²) in [7, 11) is 0. The molecule has 202 valence electrons. The lowest BCUT2D eigenvalue weighted by Crippen LogP contribution is -2.31. The standard InChI is InChI=1S/C34H51N3/c1-28-33(35)37-34(36-28,31-23-17-10-4-2-3-5-11-18-24-31)32-25-19-13-12-16-22-30(26-27-32)29-20-14-8-6-7-9-15-21-29/h12-13,16,19,22,25-27,29,31H,2-11,14-15,17-18,20-21,23-24H2,1H3,(H2,35,37). The highest BCUT2D eigenvalue weighted by atomic mass is 15.2. The van der Waals surface area contributed by atoms with E-state index in [1.54, 1.807) is 0 Å². The molecule has 0 radical (unpaired) electrons. The number of nitrogens with two attached hydrogens (primary N) is 1. The molecular weight excluding hydrogens is 450 g/mol. The molecule has 0 aromatic heterocycles. The van der Waals surface area contributed by atoms with E-state index in [-0.39, 0.29) is 0 Å². The Balaban J connectivity index is 1.74. The fourth-order valence-electron chi connectivity index (χ4n) is 6.77. The molecule has 1 aromatic carbocycles. The minimum absolute atomic E-state index is 0.390. The molecule has 2 fully saturated rings. The van der Waals surface area contributed by atoms with E-state index in [9.17, 15) is 0 Å². The maximum absolute atomic E-state index is 6.46. The van der Waals surface area contributed by atoms with E-state index in [1.165, 1.54) is 127 Å². The highest BCUT2D eigenvalue weighted by Gasteiger charge is 2.42. The Morgan fingerprint density at radius 3 is 1.65 bits per heavy atom. The van der Waals surface area contributed by atoms with Crippen molar-refractivity contribution in [3.05, 3.63) is 59.7 Å². The highest BCUT2D eigenvalue weighted by Crippen LogP contribution is 2.44. The number of aliphatic imine (C=N–C) groups is 2. The van der Waals surface area contributed by atoms with Crippen molar-refractivity contribution in [2.75, 3.05) is 0 Å². The second kappa shape index (κ2) is 14.7. The van der Waals surface area contributed by atoms with Gasteiger partial charge in [0.15, 0.2) is 5.66 Å². The van der Waals surface area contributed by atoms with E-state index in [0.717, 1.165) is 5.71 Å². The Morgan fingerprint density at radius 1 is 0.595 bits per heavy atom. The van der Waals surface area contributed by atoms with Crippen LogP contribution >= 0.6 is 0 Å². The van der Waals surface area contributed by atoms with Gasteiger partial charge in [-0.2, -0.15) is 0 Å². The van der Waals surface area contributed by atoms with Crippen molar-refractivity contribution >= 4 is 11.5 Å². The van der Waals surface area contributed by atoms with Crippen molar-refractivity contribution in [2.45, 2.75) is 134 Å². The molecule has 2 aliphatic carbocycles. The molecule has 0 saturated heterocycles. The van der Waals surface area contributed by atoms with Crippen LogP contribution in [0.15, 0.2) is 58.5 Å². The molecule has 3 heteroatoms. The van der Waals surface area contributed by atoms with Crippen LogP contribution in [0.1, 0.15) is 140 Å². The molecule has 37 heavy (non-hydrogen) atoms. The molecule has 0 spiro atoms. The summed E-state index contributed by atoms with van der Waals surface area (Å²) in [5.41, 5.74) is 9.44. The number of amidine groups is 1. The Labute approximate surface area is 226 Å². The van der Waals surface area contributed by atoms with Crippen LogP contribution in [0.3, 0.4) is 0 Å². The first-order valence-corrected chi connectivity index (χ1v) is 15.5. The topological polar surface area (TPSA) is 50.7 Å². The van der Waals surface area contributed by atoms with E-state index in [0.29, 0.717) is 17.7 Å². The third-order valence-corrected chi connectivity index (χ3v) is 9.03. The first-order valence-electron chi connectivity index (χ1n) is 15.5. The third-order valence-electron chi connectivity index (χ3n) is 9.03. The summed E-state index contributed by atoms with van der Waals surface area (Å²) in [6.45, 7) is 2.04. The zero-order valence-corrected chi connectivity index (χ0v) is 23.5. The van der Waals surface area contributed by atoms with Gasteiger partial charge in [0.05, 0.1) is 5.71 Å². The quantitative estimate of drug-likeness (QED) is 0.440.